The number of aromatic amines is 1. The van der Waals surface area contributed by atoms with E-state index in [1.807, 2.05) is 79.7 Å². The molecule has 1 unspecified atom stereocenters. The van der Waals surface area contributed by atoms with Gasteiger partial charge in [0.15, 0.2) is 4.80 Å². The average Bonchev–Trinajstić information content (AvgIpc) is 3.48. The number of nitrogens with one attached hydrogen (secondary N) is 1. The van der Waals surface area contributed by atoms with Gasteiger partial charge in [0.25, 0.3) is 5.56 Å². The third kappa shape index (κ3) is 4.53. The second-order valence-corrected chi connectivity index (χ2v) is 9.86. The molecular formula is C28H27N5O3S. The molecule has 0 saturated carbocycles. The molecule has 4 aromatic rings. The molecule has 0 saturated heterocycles. The molecule has 0 radical (unpaired) electrons. The standard InChI is InChI=1S/C28H27N5O3S/c1-5-36-27(35)23-17(2)30-28-33(25(23)19-11-13-21(14-12-19)32(3)4)26(34)22(37-28)15-20-16-29-31-24(20)18-9-7-6-8-10-18/h6-16,25H,5H2,1-4H3,(H,29,31). The van der Waals surface area contributed by atoms with E-state index in [-0.39, 0.29) is 12.2 Å². The summed E-state index contributed by atoms with van der Waals surface area (Å²) in [6, 6.07) is 17.0. The Balaban J connectivity index is 1.69. The fourth-order valence-corrected chi connectivity index (χ4v) is 5.48. The van der Waals surface area contributed by atoms with E-state index in [1.165, 1.54) is 11.3 Å². The van der Waals surface area contributed by atoms with Gasteiger partial charge in [-0.15, -0.1) is 0 Å². The minimum absolute atomic E-state index is 0.222. The zero-order valence-electron chi connectivity index (χ0n) is 21.1. The Morgan fingerprint density at radius 3 is 2.57 bits per heavy atom. The van der Waals surface area contributed by atoms with E-state index in [4.69, 9.17) is 4.74 Å². The molecule has 0 aliphatic carbocycles. The highest BCUT2D eigenvalue weighted by molar-refractivity contribution is 7.07. The number of thiazole rings is 1. The van der Waals surface area contributed by atoms with Gasteiger partial charge in [-0.2, -0.15) is 5.10 Å². The van der Waals surface area contributed by atoms with Crippen LogP contribution in [0, 0.1) is 0 Å². The second-order valence-electron chi connectivity index (χ2n) is 8.85. The first-order chi connectivity index (χ1) is 17.9. The number of nitrogens with zero attached hydrogens (tertiary/aromatic N) is 4. The van der Waals surface area contributed by atoms with Gasteiger partial charge >= 0.3 is 5.97 Å². The van der Waals surface area contributed by atoms with Gasteiger partial charge in [-0.25, -0.2) is 9.79 Å². The van der Waals surface area contributed by atoms with Crippen molar-refractivity contribution in [2.24, 2.45) is 4.99 Å². The number of hydrogen-bond donors (Lipinski definition) is 1. The number of hydrogen-bond acceptors (Lipinski definition) is 7. The molecule has 9 heteroatoms. The lowest BCUT2D eigenvalue weighted by Gasteiger charge is -2.25. The Morgan fingerprint density at radius 1 is 1.16 bits per heavy atom. The zero-order chi connectivity index (χ0) is 26.1. The van der Waals surface area contributed by atoms with Gasteiger partial charge in [0.05, 0.1) is 40.3 Å². The number of H-pyrrole nitrogens is 1. The van der Waals surface area contributed by atoms with Crippen molar-refractivity contribution >= 4 is 29.1 Å². The first-order valence-corrected chi connectivity index (χ1v) is 12.8. The first-order valence-electron chi connectivity index (χ1n) is 11.9. The second kappa shape index (κ2) is 10.0. The molecule has 5 rings (SSSR count). The summed E-state index contributed by atoms with van der Waals surface area (Å²) < 4.78 is 7.48. The maximum atomic E-state index is 13.8. The van der Waals surface area contributed by atoms with Crippen molar-refractivity contribution in [1.29, 1.82) is 0 Å². The van der Waals surface area contributed by atoms with Gasteiger partial charge in [0.1, 0.15) is 0 Å². The predicted octanol–water partition coefficient (Wildman–Crippen LogP) is 3.25. The first kappa shape index (κ1) is 24.5. The fraction of sp³-hybridized carbons (Fsp3) is 0.214. The highest BCUT2D eigenvalue weighted by Gasteiger charge is 2.33. The Morgan fingerprint density at radius 2 is 1.89 bits per heavy atom. The molecule has 2 aromatic carbocycles. The average molecular weight is 514 g/mol. The Bertz CT molecular complexity index is 1660. The van der Waals surface area contributed by atoms with Gasteiger partial charge in [-0.3, -0.25) is 14.5 Å². The van der Waals surface area contributed by atoms with Crippen molar-refractivity contribution < 1.29 is 9.53 Å². The summed E-state index contributed by atoms with van der Waals surface area (Å²) in [7, 11) is 3.93. The van der Waals surface area contributed by atoms with Crippen molar-refractivity contribution in [2.45, 2.75) is 19.9 Å². The zero-order valence-corrected chi connectivity index (χ0v) is 21.9. The van der Waals surface area contributed by atoms with Crippen LogP contribution in [0.4, 0.5) is 5.69 Å². The van der Waals surface area contributed by atoms with Crippen LogP contribution >= 0.6 is 11.3 Å². The maximum Gasteiger partial charge on any atom is 0.338 e. The summed E-state index contributed by atoms with van der Waals surface area (Å²) in [4.78, 5) is 34.1. The van der Waals surface area contributed by atoms with Gasteiger partial charge < -0.3 is 9.64 Å². The van der Waals surface area contributed by atoms with Gasteiger partial charge in [-0.05, 0) is 37.6 Å². The van der Waals surface area contributed by atoms with Crippen LogP contribution in [0.1, 0.15) is 31.0 Å². The van der Waals surface area contributed by atoms with E-state index in [1.54, 1.807) is 24.6 Å². The van der Waals surface area contributed by atoms with Crippen molar-refractivity contribution in [3.63, 3.8) is 0 Å². The minimum Gasteiger partial charge on any atom is -0.463 e. The van der Waals surface area contributed by atoms with E-state index >= 15 is 0 Å². The molecule has 2 aromatic heterocycles. The largest absolute Gasteiger partial charge is 0.463 e. The van der Waals surface area contributed by atoms with E-state index < -0.39 is 12.0 Å². The van der Waals surface area contributed by atoms with Gasteiger partial charge in [0.2, 0.25) is 0 Å². The van der Waals surface area contributed by atoms with Crippen LogP contribution in [0.25, 0.3) is 17.3 Å². The highest BCUT2D eigenvalue weighted by Crippen LogP contribution is 2.31. The number of carbonyl (C=O) groups excluding carboxylic acids is 1. The molecule has 188 valence electrons. The number of allylic oxidation sites excluding steroid dienone is 1. The van der Waals surface area contributed by atoms with Crippen molar-refractivity contribution in [3.05, 3.63) is 103 Å². The molecule has 1 aliphatic heterocycles. The molecule has 3 heterocycles. The van der Waals surface area contributed by atoms with Gasteiger partial charge in [-0.1, -0.05) is 53.8 Å². The van der Waals surface area contributed by atoms with Crippen LogP contribution in [0.2, 0.25) is 0 Å². The number of rotatable bonds is 6. The summed E-state index contributed by atoms with van der Waals surface area (Å²) in [6.45, 7) is 3.78. The number of carbonyl (C=O) groups is 1. The number of esters is 1. The predicted molar refractivity (Wildman–Crippen MR) is 145 cm³/mol. The molecule has 37 heavy (non-hydrogen) atoms. The number of anilines is 1. The SMILES string of the molecule is CCOC(=O)C1=C(C)N=c2sc(=Cc3cn[nH]c3-c3ccccc3)c(=O)n2C1c1ccc(N(C)C)cc1. The normalized spacial score (nSPS) is 15.4. The number of ether oxygens (including phenoxy) is 1. The molecule has 1 N–H and O–H groups in total. The Hall–Kier alpha value is -4.24. The number of aromatic nitrogens is 3. The Labute approximate surface area is 217 Å². The summed E-state index contributed by atoms with van der Waals surface area (Å²) >= 11 is 1.29. The topological polar surface area (TPSA) is 92.6 Å². The monoisotopic (exact) mass is 513 g/mol. The van der Waals surface area contributed by atoms with E-state index in [0.717, 1.165) is 28.1 Å². The van der Waals surface area contributed by atoms with Crippen molar-refractivity contribution in [2.75, 3.05) is 25.6 Å². The molecule has 8 nitrogen and oxygen atoms in total. The van der Waals surface area contributed by atoms with E-state index in [2.05, 4.69) is 15.2 Å². The van der Waals surface area contributed by atoms with E-state index in [0.29, 0.717) is 20.6 Å². The number of benzene rings is 2. The summed E-state index contributed by atoms with van der Waals surface area (Å²) in [5.41, 5.74) is 5.10. The third-order valence-corrected chi connectivity index (χ3v) is 7.24. The van der Waals surface area contributed by atoms with Crippen LogP contribution in [0.3, 0.4) is 0 Å². The van der Waals surface area contributed by atoms with E-state index in [9.17, 15) is 9.59 Å². The fourth-order valence-electron chi connectivity index (χ4n) is 4.44. The lowest BCUT2D eigenvalue weighted by molar-refractivity contribution is -0.139. The molecule has 1 aliphatic rings. The molecule has 0 spiro atoms. The van der Waals surface area contributed by atoms with Crippen LogP contribution in [-0.2, 0) is 9.53 Å². The minimum atomic E-state index is -0.647. The van der Waals surface area contributed by atoms with Crippen LogP contribution < -0.4 is 19.8 Å². The third-order valence-electron chi connectivity index (χ3n) is 6.26. The van der Waals surface area contributed by atoms with Crippen LogP contribution in [0.5, 0.6) is 0 Å². The quantitative estimate of drug-likeness (QED) is 0.400. The highest BCUT2D eigenvalue weighted by atomic mass is 32.1. The smallest absolute Gasteiger partial charge is 0.338 e. The van der Waals surface area contributed by atoms with Crippen LogP contribution in [0.15, 0.2) is 81.9 Å². The lowest BCUT2D eigenvalue weighted by atomic mass is 9.95. The number of fused-ring (bicyclic) bond motifs is 1. The Kier molecular flexibility index (Phi) is 6.62. The lowest BCUT2D eigenvalue weighted by Crippen LogP contribution is -2.39. The summed E-state index contributed by atoms with van der Waals surface area (Å²) in [5.74, 6) is -0.471. The van der Waals surface area contributed by atoms with Crippen molar-refractivity contribution in [1.82, 2.24) is 14.8 Å². The van der Waals surface area contributed by atoms with Gasteiger partial charge in [0, 0.05) is 30.9 Å². The van der Waals surface area contributed by atoms with Crippen molar-refractivity contribution in [3.8, 4) is 11.3 Å². The molecular weight excluding hydrogens is 486 g/mol. The maximum absolute atomic E-state index is 13.8. The molecule has 1 atom stereocenters. The molecule has 0 fully saturated rings. The summed E-state index contributed by atoms with van der Waals surface area (Å²) in [5, 5.41) is 7.23. The molecule has 0 bridgehead atoms. The summed E-state index contributed by atoms with van der Waals surface area (Å²) in [6.07, 6.45) is 3.53. The van der Waals surface area contributed by atoms with Crippen LogP contribution in [-0.4, -0.2) is 41.4 Å². The molecule has 0 amide bonds.